The van der Waals surface area contributed by atoms with Gasteiger partial charge in [0.15, 0.2) is 0 Å². The van der Waals surface area contributed by atoms with E-state index in [9.17, 15) is 10.0 Å². The van der Waals surface area contributed by atoms with Crippen molar-refractivity contribution < 1.29 is 9.43 Å². The first-order valence-electron chi connectivity index (χ1n) is 3.40. The van der Waals surface area contributed by atoms with E-state index < -0.39 is 0 Å². The number of hydrogen-bond acceptors (Lipinski definition) is 3. The SMILES string of the molecule is O=c1c[n+]([O-])oc2ccccc12. The minimum absolute atomic E-state index is 0.157. The Kier molecular flexibility index (Phi) is 1.33. The summed E-state index contributed by atoms with van der Waals surface area (Å²) in [5, 5.41) is 11.1. The van der Waals surface area contributed by atoms with Crippen LogP contribution in [0.4, 0.5) is 0 Å². The molecule has 1 heterocycles. The lowest BCUT2D eigenvalue weighted by Crippen LogP contribution is -2.29. The van der Waals surface area contributed by atoms with Crippen LogP contribution in [0.25, 0.3) is 11.0 Å². The fourth-order valence-corrected chi connectivity index (χ4v) is 1.04. The predicted molar refractivity (Wildman–Crippen MR) is 41.4 cm³/mol. The molecule has 0 bridgehead atoms. The summed E-state index contributed by atoms with van der Waals surface area (Å²) >= 11 is 0. The molecule has 0 radical (unpaired) electrons. The summed E-state index contributed by atoms with van der Waals surface area (Å²) in [6.45, 7) is 0. The third-order valence-electron chi connectivity index (χ3n) is 1.56. The highest BCUT2D eigenvalue weighted by Crippen LogP contribution is 2.04. The average molecular weight is 163 g/mol. The third-order valence-corrected chi connectivity index (χ3v) is 1.56. The van der Waals surface area contributed by atoms with Gasteiger partial charge in [0.25, 0.3) is 11.6 Å². The molecule has 0 aliphatic heterocycles. The molecule has 0 aliphatic carbocycles. The van der Waals surface area contributed by atoms with E-state index in [1.807, 2.05) is 0 Å². The van der Waals surface area contributed by atoms with E-state index in [1.165, 1.54) is 0 Å². The van der Waals surface area contributed by atoms with Gasteiger partial charge in [-0.2, -0.15) is 0 Å². The molecule has 0 aliphatic rings. The molecule has 0 amide bonds. The highest BCUT2D eigenvalue weighted by molar-refractivity contribution is 5.74. The molecular formula is C8H5NO3. The Bertz CT molecular complexity index is 475. The fourth-order valence-electron chi connectivity index (χ4n) is 1.04. The first-order chi connectivity index (χ1) is 5.77. The summed E-state index contributed by atoms with van der Waals surface area (Å²) in [6, 6.07) is 6.60. The van der Waals surface area contributed by atoms with Gasteiger partial charge in [0.1, 0.15) is 0 Å². The molecule has 1 aromatic heterocycles. The lowest BCUT2D eigenvalue weighted by molar-refractivity contribution is -0.793. The fraction of sp³-hybridized carbons (Fsp3) is 0. The smallest absolute Gasteiger partial charge is 0.281 e. The summed E-state index contributed by atoms with van der Waals surface area (Å²) < 4.78 is 4.70. The molecule has 60 valence electrons. The number of aromatic nitrogens is 1. The number of fused-ring (bicyclic) bond motifs is 1. The van der Waals surface area contributed by atoms with Gasteiger partial charge in [0.2, 0.25) is 0 Å². The van der Waals surface area contributed by atoms with E-state index in [1.54, 1.807) is 24.3 Å². The first-order valence-corrected chi connectivity index (χ1v) is 3.40. The van der Waals surface area contributed by atoms with Gasteiger partial charge in [0, 0.05) is 10.3 Å². The number of nitrogens with zero attached hydrogens (tertiary/aromatic N) is 1. The Morgan fingerprint density at radius 3 is 2.92 bits per heavy atom. The standard InChI is InChI=1S/C8H5NO3/c10-7-5-9(11)12-8-4-2-1-3-6(7)8/h1-5H. The number of para-hydroxylation sites is 1. The summed E-state index contributed by atoms with van der Waals surface area (Å²) in [7, 11) is 0. The normalized spacial score (nSPS) is 10.3. The number of benzene rings is 1. The monoisotopic (exact) mass is 163 g/mol. The highest BCUT2D eigenvalue weighted by atomic mass is 16.7. The van der Waals surface area contributed by atoms with Crippen LogP contribution in [0.2, 0.25) is 0 Å². The summed E-state index contributed by atoms with van der Waals surface area (Å²) in [5.41, 5.74) is -0.0214. The number of hydrogen-bond donors (Lipinski definition) is 0. The lowest BCUT2D eigenvalue weighted by atomic mass is 10.2. The zero-order chi connectivity index (χ0) is 8.55. The van der Waals surface area contributed by atoms with Crippen molar-refractivity contribution >= 4 is 11.0 Å². The van der Waals surface area contributed by atoms with Crippen molar-refractivity contribution in [1.29, 1.82) is 0 Å². The minimum atomic E-state index is -0.327. The molecular weight excluding hydrogens is 158 g/mol. The van der Waals surface area contributed by atoms with Crippen LogP contribution >= 0.6 is 0 Å². The van der Waals surface area contributed by atoms with Crippen LogP contribution in [-0.2, 0) is 0 Å². The van der Waals surface area contributed by atoms with Crippen LogP contribution in [0.3, 0.4) is 0 Å². The van der Waals surface area contributed by atoms with Gasteiger partial charge in [0.05, 0.1) is 5.58 Å². The molecule has 1 aromatic carbocycles. The van der Waals surface area contributed by atoms with Gasteiger partial charge in [-0.05, 0) is 12.1 Å². The van der Waals surface area contributed by atoms with Crippen LogP contribution in [0.15, 0.2) is 39.8 Å². The van der Waals surface area contributed by atoms with Crippen LogP contribution in [-0.4, -0.2) is 0 Å². The second-order valence-corrected chi connectivity index (χ2v) is 2.37. The maximum absolute atomic E-state index is 11.1. The Balaban J connectivity index is 2.99. The topological polar surface area (TPSA) is 57.1 Å². The van der Waals surface area contributed by atoms with Gasteiger partial charge in [-0.1, -0.05) is 12.1 Å². The molecule has 0 fully saturated rings. The van der Waals surface area contributed by atoms with Crippen LogP contribution in [0, 0.1) is 5.21 Å². The van der Waals surface area contributed by atoms with E-state index in [2.05, 4.69) is 0 Å². The maximum Gasteiger partial charge on any atom is 0.281 e. The lowest BCUT2D eigenvalue weighted by Gasteiger charge is -1.95. The maximum atomic E-state index is 11.1. The van der Waals surface area contributed by atoms with Crippen LogP contribution in [0.1, 0.15) is 0 Å². The van der Waals surface area contributed by atoms with Gasteiger partial charge in [-0.3, -0.25) is 10.0 Å². The summed E-state index contributed by atoms with van der Waals surface area (Å²) in [6.07, 6.45) is 0.863. The summed E-state index contributed by atoms with van der Waals surface area (Å²) in [4.78, 5) is 11.3. The molecule has 4 heteroatoms. The Labute approximate surface area is 67.2 Å². The zero-order valence-corrected chi connectivity index (χ0v) is 6.06. The summed E-state index contributed by atoms with van der Waals surface area (Å²) in [5.74, 6) is 0. The zero-order valence-electron chi connectivity index (χ0n) is 6.06. The van der Waals surface area contributed by atoms with Crippen molar-refractivity contribution in [1.82, 2.24) is 0 Å². The molecule has 0 N–H and O–H groups in total. The largest absolute Gasteiger partial charge is 0.367 e. The Morgan fingerprint density at radius 1 is 1.33 bits per heavy atom. The number of rotatable bonds is 0. The highest BCUT2D eigenvalue weighted by Gasteiger charge is 2.00. The molecule has 4 nitrogen and oxygen atoms in total. The molecule has 2 rings (SSSR count). The second kappa shape index (κ2) is 2.34. The third kappa shape index (κ3) is 0.934. The molecule has 0 spiro atoms. The van der Waals surface area contributed by atoms with Crippen LogP contribution < -0.4 is 10.3 Å². The van der Waals surface area contributed by atoms with Gasteiger partial charge in [-0.25, -0.2) is 0 Å². The van der Waals surface area contributed by atoms with E-state index in [0.717, 1.165) is 6.20 Å². The van der Waals surface area contributed by atoms with Crippen LogP contribution in [0.5, 0.6) is 0 Å². The van der Waals surface area contributed by atoms with Gasteiger partial charge >= 0.3 is 0 Å². The quantitative estimate of drug-likeness (QED) is 0.529. The van der Waals surface area contributed by atoms with Gasteiger partial charge in [-0.15, -0.1) is 0 Å². The van der Waals surface area contributed by atoms with Crippen molar-refractivity contribution in [3.8, 4) is 0 Å². The van der Waals surface area contributed by atoms with E-state index in [0.29, 0.717) is 11.0 Å². The Morgan fingerprint density at radius 2 is 2.08 bits per heavy atom. The van der Waals surface area contributed by atoms with Crippen molar-refractivity contribution in [2.75, 3.05) is 0 Å². The van der Waals surface area contributed by atoms with E-state index >= 15 is 0 Å². The minimum Gasteiger partial charge on any atom is -0.367 e. The molecule has 2 aromatic rings. The molecule has 12 heavy (non-hydrogen) atoms. The first kappa shape index (κ1) is 6.84. The molecule has 0 atom stereocenters. The van der Waals surface area contributed by atoms with Crippen molar-refractivity contribution in [2.24, 2.45) is 0 Å². The van der Waals surface area contributed by atoms with Crippen molar-refractivity contribution in [3.63, 3.8) is 0 Å². The second-order valence-electron chi connectivity index (χ2n) is 2.37. The predicted octanol–water partition coefficient (Wildman–Crippen LogP) is 0.426. The van der Waals surface area contributed by atoms with Crippen molar-refractivity contribution in [2.45, 2.75) is 0 Å². The van der Waals surface area contributed by atoms with Gasteiger partial charge < -0.3 is 4.52 Å². The Hall–Kier alpha value is -1.84. The molecule has 0 unspecified atom stereocenters. The average Bonchev–Trinajstić information content (AvgIpc) is 2.04. The molecule has 0 saturated heterocycles. The van der Waals surface area contributed by atoms with E-state index in [-0.39, 0.29) is 10.3 Å². The van der Waals surface area contributed by atoms with Crippen molar-refractivity contribution in [3.05, 3.63) is 45.9 Å². The van der Waals surface area contributed by atoms with E-state index in [4.69, 9.17) is 4.52 Å². The molecule has 0 saturated carbocycles.